The first-order valence-corrected chi connectivity index (χ1v) is 4.88. The largest absolute Gasteiger partial charge is 0.311 e. The van der Waals surface area contributed by atoms with Gasteiger partial charge in [-0.1, -0.05) is 13.8 Å². The molecule has 2 nitrogen and oxygen atoms in total. The Bertz CT molecular complexity index is 169. The Hall–Kier alpha value is -0.710. The van der Waals surface area contributed by atoms with Crippen LogP contribution in [0.3, 0.4) is 0 Å². The highest BCUT2D eigenvalue weighted by molar-refractivity contribution is 4.79. The van der Waals surface area contributed by atoms with Crippen LogP contribution < -0.4 is 0 Å². The fraction of sp³-hybridized carbons (Fsp3) is 0.900. The van der Waals surface area contributed by atoms with Gasteiger partial charge in [0.25, 0.3) is 0 Å². The lowest BCUT2D eigenvalue weighted by Gasteiger charge is -2.17. The van der Waals surface area contributed by atoms with Crippen LogP contribution in [0, 0.1) is 23.3 Å². The molecule has 0 saturated carbocycles. The number of nitrogens with zero attached hydrogens (tertiary/aromatic N) is 2. The molecule has 0 aromatic carbocycles. The van der Waals surface area contributed by atoms with Crippen molar-refractivity contribution >= 4 is 0 Å². The lowest BCUT2D eigenvalue weighted by molar-refractivity contribution is 0.336. The van der Waals surface area contributed by atoms with Crippen molar-refractivity contribution in [1.82, 2.24) is 4.90 Å². The normalized spacial score (nSPS) is 25.2. The molecule has 0 radical (unpaired) electrons. The van der Waals surface area contributed by atoms with E-state index in [4.69, 9.17) is 5.26 Å². The summed E-state index contributed by atoms with van der Waals surface area (Å²) < 4.78 is 0. The van der Waals surface area contributed by atoms with E-state index in [0.717, 1.165) is 24.9 Å². The smallest absolute Gasteiger partial charge is 0.179 e. The van der Waals surface area contributed by atoms with Crippen molar-refractivity contribution in [1.29, 1.82) is 5.26 Å². The molecule has 68 valence electrons. The highest BCUT2D eigenvalue weighted by Gasteiger charge is 2.18. The molecule has 1 aliphatic heterocycles. The molecule has 1 fully saturated rings. The van der Waals surface area contributed by atoms with Crippen molar-refractivity contribution in [3.05, 3.63) is 0 Å². The predicted octanol–water partition coefficient (Wildman–Crippen LogP) is 2.23. The van der Waals surface area contributed by atoms with Crippen LogP contribution >= 0.6 is 0 Å². The summed E-state index contributed by atoms with van der Waals surface area (Å²) in [6.45, 7) is 6.51. The van der Waals surface area contributed by atoms with E-state index in [0.29, 0.717) is 0 Å². The molecule has 1 aliphatic rings. The summed E-state index contributed by atoms with van der Waals surface area (Å²) >= 11 is 0. The molecule has 0 aromatic heterocycles. The minimum Gasteiger partial charge on any atom is -0.311 e. The van der Waals surface area contributed by atoms with E-state index in [1.165, 1.54) is 19.3 Å². The van der Waals surface area contributed by atoms with Gasteiger partial charge in [-0.3, -0.25) is 0 Å². The number of rotatable bonds is 1. The number of hydrogen-bond donors (Lipinski definition) is 0. The fourth-order valence-corrected chi connectivity index (χ4v) is 1.89. The minimum absolute atomic E-state index is 0.781. The second-order valence-corrected chi connectivity index (χ2v) is 4.02. The molecule has 1 saturated heterocycles. The summed E-state index contributed by atoms with van der Waals surface area (Å²) in [5.41, 5.74) is 0. The summed E-state index contributed by atoms with van der Waals surface area (Å²) in [4.78, 5) is 1.89. The average Bonchev–Trinajstić information content (AvgIpc) is 2.28. The van der Waals surface area contributed by atoms with E-state index in [1.807, 2.05) is 4.90 Å². The maximum atomic E-state index is 8.72. The molecular formula is C10H18N2. The zero-order valence-corrected chi connectivity index (χ0v) is 8.08. The first-order valence-electron chi connectivity index (χ1n) is 4.88. The third kappa shape index (κ3) is 2.41. The Balaban J connectivity index is 2.40. The molecule has 0 amide bonds. The summed E-state index contributed by atoms with van der Waals surface area (Å²) in [5, 5.41) is 8.72. The van der Waals surface area contributed by atoms with Crippen molar-refractivity contribution in [2.24, 2.45) is 11.8 Å². The quantitative estimate of drug-likeness (QED) is 0.558. The third-order valence-electron chi connectivity index (χ3n) is 2.86. The molecule has 1 unspecified atom stereocenters. The summed E-state index contributed by atoms with van der Waals surface area (Å²) in [6.07, 6.45) is 5.93. The van der Waals surface area contributed by atoms with Crippen LogP contribution in [0.5, 0.6) is 0 Å². The van der Waals surface area contributed by atoms with Gasteiger partial charge < -0.3 is 4.90 Å². The zero-order chi connectivity index (χ0) is 8.97. The Morgan fingerprint density at radius 2 is 2.08 bits per heavy atom. The molecule has 0 aliphatic carbocycles. The summed E-state index contributed by atoms with van der Waals surface area (Å²) in [7, 11) is 0. The van der Waals surface area contributed by atoms with Crippen LogP contribution in [0.15, 0.2) is 0 Å². The SMILES string of the molecule is CC(C)C1CCCN(C#N)CC1. The molecular weight excluding hydrogens is 148 g/mol. The third-order valence-corrected chi connectivity index (χ3v) is 2.86. The summed E-state index contributed by atoms with van der Waals surface area (Å²) in [6, 6.07) is 0. The minimum atomic E-state index is 0.781. The second kappa shape index (κ2) is 4.35. The molecule has 1 atom stereocenters. The fourth-order valence-electron chi connectivity index (χ4n) is 1.89. The van der Waals surface area contributed by atoms with E-state index in [1.54, 1.807) is 0 Å². The second-order valence-electron chi connectivity index (χ2n) is 4.02. The highest BCUT2D eigenvalue weighted by atomic mass is 15.1. The van der Waals surface area contributed by atoms with Gasteiger partial charge in [0.05, 0.1) is 0 Å². The van der Waals surface area contributed by atoms with E-state index >= 15 is 0 Å². The van der Waals surface area contributed by atoms with E-state index in [9.17, 15) is 0 Å². The van der Waals surface area contributed by atoms with Gasteiger partial charge in [0, 0.05) is 13.1 Å². The van der Waals surface area contributed by atoms with Crippen LogP contribution in [0.1, 0.15) is 33.1 Å². The number of nitriles is 1. The Morgan fingerprint density at radius 3 is 2.67 bits per heavy atom. The van der Waals surface area contributed by atoms with Gasteiger partial charge in [-0.05, 0) is 31.1 Å². The van der Waals surface area contributed by atoms with Crippen molar-refractivity contribution in [2.45, 2.75) is 33.1 Å². The average molecular weight is 166 g/mol. The van der Waals surface area contributed by atoms with E-state index in [-0.39, 0.29) is 0 Å². The van der Waals surface area contributed by atoms with Gasteiger partial charge >= 0.3 is 0 Å². The van der Waals surface area contributed by atoms with Gasteiger partial charge in [-0.2, -0.15) is 5.26 Å². The molecule has 0 N–H and O–H groups in total. The lowest BCUT2D eigenvalue weighted by Crippen LogP contribution is -2.18. The first kappa shape index (κ1) is 9.38. The van der Waals surface area contributed by atoms with Crippen LogP contribution in [-0.4, -0.2) is 18.0 Å². The van der Waals surface area contributed by atoms with E-state index < -0.39 is 0 Å². The Labute approximate surface area is 75.2 Å². The number of hydrogen-bond acceptors (Lipinski definition) is 2. The molecule has 1 rings (SSSR count). The van der Waals surface area contributed by atoms with Gasteiger partial charge in [0.1, 0.15) is 0 Å². The zero-order valence-electron chi connectivity index (χ0n) is 8.08. The van der Waals surface area contributed by atoms with Crippen LogP contribution in [-0.2, 0) is 0 Å². The van der Waals surface area contributed by atoms with Crippen molar-refractivity contribution in [3.8, 4) is 6.19 Å². The van der Waals surface area contributed by atoms with Gasteiger partial charge in [-0.15, -0.1) is 0 Å². The maximum absolute atomic E-state index is 8.72. The van der Waals surface area contributed by atoms with Crippen LogP contribution in [0.2, 0.25) is 0 Å². The number of likely N-dealkylation sites (tertiary alicyclic amines) is 1. The molecule has 0 aromatic rings. The monoisotopic (exact) mass is 166 g/mol. The molecule has 2 heteroatoms. The van der Waals surface area contributed by atoms with Gasteiger partial charge in [-0.25, -0.2) is 0 Å². The first-order chi connectivity index (χ1) is 5.74. The summed E-state index contributed by atoms with van der Waals surface area (Å²) in [5.74, 6) is 1.62. The highest BCUT2D eigenvalue weighted by Crippen LogP contribution is 2.23. The van der Waals surface area contributed by atoms with Crippen molar-refractivity contribution in [3.63, 3.8) is 0 Å². The lowest BCUT2D eigenvalue weighted by atomic mass is 9.89. The molecule has 0 bridgehead atoms. The molecule has 12 heavy (non-hydrogen) atoms. The predicted molar refractivity (Wildman–Crippen MR) is 49.4 cm³/mol. The Morgan fingerprint density at radius 1 is 1.33 bits per heavy atom. The maximum Gasteiger partial charge on any atom is 0.179 e. The van der Waals surface area contributed by atoms with Crippen LogP contribution in [0.25, 0.3) is 0 Å². The van der Waals surface area contributed by atoms with Gasteiger partial charge in [0.15, 0.2) is 6.19 Å². The van der Waals surface area contributed by atoms with E-state index in [2.05, 4.69) is 20.0 Å². The van der Waals surface area contributed by atoms with Crippen molar-refractivity contribution in [2.75, 3.05) is 13.1 Å². The van der Waals surface area contributed by atoms with Crippen LogP contribution in [0.4, 0.5) is 0 Å². The van der Waals surface area contributed by atoms with Gasteiger partial charge in [0.2, 0.25) is 0 Å². The Kier molecular flexibility index (Phi) is 3.40. The molecule has 0 spiro atoms. The standard InChI is InChI=1S/C10H18N2/c1-9(2)10-4-3-6-12(8-11)7-5-10/h9-10H,3-7H2,1-2H3. The topological polar surface area (TPSA) is 27.0 Å². The van der Waals surface area contributed by atoms with Crippen molar-refractivity contribution < 1.29 is 0 Å². The molecule has 1 heterocycles.